The third kappa shape index (κ3) is 2.99. The van der Waals surface area contributed by atoms with Crippen molar-refractivity contribution < 1.29 is 14.6 Å². The van der Waals surface area contributed by atoms with E-state index in [2.05, 4.69) is 10.2 Å². The lowest BCUT2D eigenvalue weighted by molar-refractivity contribution is 0.0729. The highest BCUT2D eigenvalue weighted by Crippen LogP contribution is 2.27. The minimum absolute atomic E-state index is 0.0208. The van der Waals surface area contributed by atoms with Gasteiger partial charge in [0.25, 0.3) is 5.91 Å². The Kier molecular flexibility index (Phi) is 4.33. The summed E-state index contributed by atoms with van der Waals surface area (Å²) in [4.78, 5) is 15.4. The topological polar surface area (TPSA) is 78.5 Å². The highest BCUT2D eigenvalue weighted by Gasteiger charge is 2.26. The first-order valence-corrected chi connectivity index (χ1v) is 7.72. The minimum Gasteiger partial charge on any atom is -0.396 e. The summed E-state index contributed by atoms with van der Waals surface area (Å²) in [6, 6.07) is 3.90. The molecule has 0 bridgehead atoms. The van der Waals surface area contributed by atoms with Gasteiger partial charge in [0.15, 0.2) is 0 Å². The van der Waals surface area contributed by atoms with Gasteiger partial charge in [0.1, 0.15) is 0 Å². The fourth-order valence-electron chi connectivity index (χ4n) is 2.40. The maximum absolute atomic E-state index is 12.7. The number of nitrogens with one attached hydrogen (secondary N) is 1. The van der Waals surface area contributed by atoms with E-state index in [1.807, 2.05) is 17.5 Å². The molecule has 0 spiro atoms. The molecule has 0 aliphatic carbocycles. The molecule has 2 aromatic rings. The van der Waals surface area contributed by atoms with Gasteiger partial charge in [0.05, 0.1) is 35.5 Å². The maximum Gasteiger partial charge on any atom is 0.257 e. The SMILES string of the molecule is O=C(c1cn[nH]c1-c1cccs1)N1CCOC[C@H](CO)C1. The van der Waals surface area contributed by atoms with Crippen LogP contribution in [-0.2, 0) is 4.74 Å². The Labute approximate surface area is 126 Å². The summed E-state index contributed by atoms with van der Waals surface area (Å²) in [7, 11) is 0. The fraction of sp³-hybridized carbons (Fsp3) is 0.429. The molecule has 1 aliphatic rings. The Morgan fingerprint density at radius 3 is 3.29 bits per heavy atom. The molecule has 1 atom stereocenters. The highest BCUT2D eigenvalue weighted by molar-refractivity contribution is 7.13. The van der Waals surface area contributed by atoms with E-state index in [4.69, 9.17) is 4.74 Å². The van der Waals surface area contributed by atoms with Crippen LogP contribution in [0.3, 0.4) is 0 Å². The van der Waals surface area contributed by atoms with Gasteiger partial charge in [-0.15, -0.1) is 11.3 Å². The van der Waals surface area contributed by atoms with Crippen LogP contribution < -0.4 is 0 Å². The fourth-order valence-corrected chi connectivity index (χ4v) is 3.14. The van der Waals surface area contributed by atoms with E-state index in [1.165, 1.54) is 0 Å². The number of nitrogens with zero attached hydrogens (tertiary/aromatic N) is 2. The van der Waals surface area contributed by atoms with Crippen molar-refractivity contribution in [3.8, 4) is 10.6 Å². The second kappa shape index (κ2) is 6.38. The molecule has 0 saturated carbocycles. The summed E-state index contributed by atoms with van der Waals surface area (Å²) < 4.78 is 5.42. The number of aromatic amines is 1. The van der Waals surface area contributed by atoms with Crippen LogP contribution in [-0.4, -0.2) is 59.0 Å². The van der Waals surface area contributed by atoms with Gasteiger partial charge in [-0.2, -0.15) is 5.10 Å². The maximum atomic E-state index is 12.7. The molecular formula is C14H17N3O3S. The number of carbonyl (C=O) groups is 1. The Hall–Kier alpha value is -1.70. The first-order valence-electron chi connectivity index (χ1n) is 6.84. The van der Waals surface area contributed by atoms with Gasteiger partial charge in [0.2, 0.25) is 0 Å². The molecule has 1 saturated heterocycles. The minimum atomic E-state index is -0.0731. The molecule has 112 valence electrons. The summed E-state index contributed by atoms with van der Waals surface area (Å²) in [6.07, 6.45) is 1.57. The lowest BCUT2D eigenvalue weighted by Gasteiger charge is -2.22. The number of aliphatic hydroxyl groups is 1. The molecule has 1 fully saturated rings. The molecule has 2 aromatic heterocycles. The van der Waals surface area contributed by atoms with Gasteiger partial charge in [-0.3, -0.25) is 9.89 Å². The smallest absolute Gasteiger partial charge is 0.257 e. The predicted molar refractivity (Wildman–Crippen MR) is 79.2 cm³/mol. The van der Waals surface area contributed by atoms with Crippen molar-refractivity contribution in [2.75, 3.05) is 32.9 Å². The van der Waals surface area contributed by atoms with Gasteiger partial charge in [0, 0.05) is 25.6 Å². The molecular weight excluding hydrogens is 290 g/mol. The molecule has 6 nitrogen and oxygen atoms in total. The van der Waals surface area contributed by atoms with Crippen LogP contribution in [0.25, 0.3) is 10.6 Å². The third-order valence-corrected chi connectivity index (χ3v) is 4.41. The number of rotatable bonds is 3. The monoisotopic (exact) mass is 307 g/mol. The van der Waals surface area contributed by atoms with Crippen molar-refractivity contribution in [2.24, 2.45) is 5.92 Å². The Morgan fingerprint density at radius 1 is 1.62 bits per heavy atom. The van der Waals surface area contributed by atoms with E-state index < -0.39 is 0 Å². The second-order valence-corrected chi connectivity index (χ2v) is 5.96. The molecule has 0 aromatic carbocycles. The number of ether oxygens (including phenoxy) is 1. The number of carbonyl (C=O) groups excluding carboxylic acids is 1. The van der Waals surface area contributed by atoms with Gasteiger partial charge in [-0.05, 0) is 11.4 Å². The van der Waals surface area contributed by atoms with E-state index in [0.29, 0.717) is 31.9 Å². The van der Waals surface area contributed by atoms with E-state index in [-0.39, 0.29) is 18.4 Å². The van der Waals surface area contributed by atoms with Crippen molar-refractivity contribution in [3.05, 3.63) is 29.3 Å². The largest absolute Gasteiger partial charge is 0.396 e. The number of hydrogen-bond donors (Lipinski definition) is 2. The zero-order chi connectivity index (χ0) is 14.7. The number of amides is 1. The quantitative estimate of drug-likeness (QED) is 0.893. The average molecular weight is 307 g/mol. The molecule has 7 heteroatoms. The van der Waals surface area contributed by atoms with Crippen LogP contribution in [0, 0.1) is 5.92 Å². The average Bonchev–Trinajstić information content (AvgIpc) is 3.13. The zero-order valence-electron chi connectivity index (χ0n) is 11.5. The molecule has 1 amide bonds. The first-order chi connectivity index (χ1) is 10.3. The summed E-state index contributed by atoms with van der Waals surface area (Å²) in [5, 5.41) is 18.2. The highest BCUT2D eigenvalue weighted by atomic mass is 32.1. The molecule has 3 rings (SSSR count). The van der Waals surface area contributed by atoms with Crippen molar-refractivity contribution in [1.82, 2.24) is 15.1 Å². The first kappa shape index (κ1) is 14.2. The lowest BCUT2D eigenvalue weighted by Crippen LogP contribution is -2.36. The molecule has 2 N–H and O–H groups in total. The van der Waals surface area contributed by atoms with Crippen LogP contribution >= 0.6 is 11.3 Å². The predicted octanol–water partition coefficient (Wildman–Crippen LogP) is 1.22. The Morgan fingerprint density at radius 2 is 2.52 bits per heavy atom. The van der Waals surface area contributed by atoms with Gasteiger partial charge in [-0.1, -0.05) is 6.07 Å². The van der Waals surface area contributed by atoms with E-state index >= 15 is 0 Å². The standard InChI is InChI=1S/C14H17N3O3S/c18-8-10-7-17(3-4-20-9-10)14(19)11-6-15-16-13(11)12-2-1-5-21-12/h1-2,5-6,10,18H,3-4,7-9H2,(H,15,16)/t10-/m0/s1. The van der Waals surface area contributed by atoms with E-state index in [9.17, 15) is 9.90 Å². The number of H-pyrrole nitrogens is 1. The molecule has 0 radical (unpaired) electrons. The van der Waals surface area contributed by atoms with Crippen LogP contribution in [0.15, 0.2) is 23.7 Å². The molecule has 21 heavy (non-hydrogen) atoms. The summed E-state index contributed by atoms with van der Waals surface area (Å²) >= 11 is 1.56. The lowest BCUT2D eigenvalue weighted by atomic mass is 10.1. The number of thiophene rings is 1. The van der Waals surface area contributed by atoms with Crippen LogP contribution in [0.1, 0.15) is 10.4 Å². The second-order valence-electron chi connectivity index (χ2n) is 5.01. The van der Waals surface area contributed by atoms with Gasteiger partial charge in [-0.25, -0.2) is 0 Å². The number of aromatic nitrogens is 2. The summed E-state index contributed by atoms with van der Waals surface area (Å²) in [6.45, 7) is 2.04. The number of aliphatic hydroxyl groups excluding tert-OH is 1. The third-order valence-electron chi connectivity index (χ3n) is 3.52. The summed E-state index contributed by atoms with van der Waals surface area (Å²) in [5.41, 5.74) is 1.32. The van der Waals surface area contributed by atoms with Crippen LogP contribution in [0.2, 0.25) is 0 Å². The number of hydrogen-bond acceptors (Lipinski definition) is 5. The van der Waals surface area contributed by atoms with Gasteiger partial charge >= 0.3 is 0 Å². The van der Waals surface area contributed by atoms with Crippen LogP contribution in [0.5, 0.6) is 0 Å². The van der Waals surface area contributed by atoms with Crippen molar-refractivity contribution in [2.45, 2.75) is 0 Å². The Balaban J connectivity index is 1.83. The molecule has 0 unspecified atom stereocenters. The Bertz CT molecular complexity index is 596. The zero-order valence-corrected chi connectivity index (χ0v) is 12.3. The van der Waals surface area contributed by atoms with E-state index in [1.54, 1.807) is 22.4 Å². The van der Waals surface area contributed by atoms with Crippen LogP contribution in [0.4, 0.5) is 0 Å². The van der Waals surface area contributed by atoms with Crippen molar-refractivity contribution in [3.63, 3.8) is 0 Å². The summed E-state index contributed by atoms with van der Waals surface area (Å²) in [5.74, 6) is -0.107. The van der Waals surface area contributed by atoms with Crippen molar-refractivity contribution in [1.29, 1.82) is 0 Å². The normalized spacial score (nSPS) is 19.5. The van der Waals surface area contributed by atoms with Gasteiger partial charge < -0.3 is 14.7 Å². The molecule has 3 heterocycles. The van der Waals surface area contributed by atoms with Crippen molar-refractivity contribution >= 4 is 17.2 Å². The molecule has 1 aliphatic heterocycles. The van der Waals surface area contributed by atoms with E-state index in [0.717, 1.165) is 10.6 Å².